The predicted molar refractivity (Wildman–Crippen MR) is 51.0 cm³/mol. The molecule has 2 nitrogen and oxygen atoms in total. The molecule has 1 fully saturated rings. The molecule has 1 aromatic rings. The maximum absolute atomic E-state index is 11.6. The number of nitrogens with zero attached hydrogens (tertiary/aromatic N) is 1. The van der Waals surface area contributed by atoms with E-state index < -0.39 is 9.73 Å². The van der Waals surface area contributed by atoms with Crippen molar-refractivity contribution in [3.05, 3.63) is 30.3 Å². The van der Waals surface area contributed by atoms with Crippen LogP contribution in [0.25, 0.3) is 0 Å². The monoisotopic (exact) mass is 181 g/mol. The number of hydrogen-bond acceptors (Lipinski definition) is 2. The van der Waals surface area contributed by atoms with Crippen molar-refractivity contribution in [2.45, 2.75) is 6.42 Å². The van der Waals surface area contributed by atoms with Crippen molar-refractivity contribution in [2.24, 2.45) is 4.36 Å². The summed E-state index contributed by atoms with van der Waals surface area (Å²) in [5.74, 6) is 1.56. The highest BCUT2D eigenvalue weighted by Crippen LogP contribution is 2.20. The SMILES string of the molecule is O=S1(=Nc2ccccc2)CCC1. The second-order valence-corrected chi connectivity index (χ2v) is 5.51. The largest absolute Gasteiger partial charge is 0.249 e. The standard InChI is InChI=1S/C9H11NOS/c11-12(7-4-8-12)10-9-5-2-1-3-6-9/h1-3,5-6H,4,7-8H2. The third-order valence-electron chi connectivity index (χ3n) is 1.95. The van der Waals surface area contributed by atoms with Gasteiger partial charge in [-0.3, -0.25) is 0 Å². The maximum Gasteiger partial charge on any atom is 0.0730 e. The first-order chi connectivity index (χ1) is 5.79. The number of benzene rings is 1. The zero-order valence-corrected chi connectivity index (χ0v) is 7.59. The van der Waals surface area contributed by atoms with Crippen molar-refractivity contribution >= 4 is 15.4 Å². The minimum Gasteiger partial charge on any atom is -0.249 e. The van der Waals surface area contributed by atoms with E-state index in [0.717, 1.165) is 23.6 Å². The van der Waals surface area contributed by atoms with Gasteiger partial charge < -0.3 is 0 Å². The maximum atomic E-state index is 11.6. The molecule has 0 saturated carbocycles. The minimum absolute atomic E-state index is 0.780. The molecule has 0 bridgehead atoms. The van der Waals surface area contributed by atoms with Crippen LogP contribution in [-0.4, -0.2) is 15.7 Å². The molecule has 2 rings (SSSR count). The molecule has 0 spiro atoms. The van der Waals surface area contributed by atoms with Crippen LogP contribution < -0.4 is 0 Å². The van der Waals surface area contributed by atoms with Gasteiger partial charge in [0, 0.05) is 11.5 Å². The van der Waals surface area contributed by atoms with Crippen LogP contribution in [0.15, 0.2) is 34.7 Å². The van der Waals surface area contributed by atoms with Gasteiger partial charge in [-0.25, -0.2) is 4.21 Å². The first-order valence-corrected chi connectivity index (χ1v) is 5.91. The Balaban J connectivity index is 2.35. The van der Waals surface area contributed by atoms with E-state index in [-0.39, 0.29) is 0 Å². The number of hydrogen-bond donors (Lipinski definition) is 0. The summed E-state index contributed by atoms with van der Waals surface area (Å²) < 4.78 is 15.9. The second kappa shape index (κ2) is 2.90. The Hall–Kier alpha value is -0.830. The van der Waals surface area contributed by atoms with Crippen LogP contribution >= 0.6 is 0 Å². The van der Waals surface area contributed by atoms with E-state index in [9.17, 15) is 4.21 Å². The average Bonchev–Trinajstić information content (AvgIpc) is 2.04. The van der Waals surface area contributed by atoms with Crippen LogP contribution in [0, 0.1) is 0 Å². The van der Waals surface area contributed by atoms with Crippen LogP contribution in [-0.2, 0) is 9.73 Å². The van der Waals surface area contributed by atoms with Gasteiger partial charge in [0.15, 0.2) is 0 Å². The van der Waals surface area contributed by atoms with E-state index in [1.807, 2.05) is 30.3 Å². The van der Waals surface area contributed by atoms with Gasteiger partial charge in [-0.2, -0.15) is 4.36 Å². The van der Waals surface area contributed by atoms with Crippen molar-refractivity contribution in [1.82, 2.24) is 0 Å². The lowest BCUT2D eigenvalue weighted by molar-refractivity contribution is 0.663. The summed E-state index contributed by atoms with van der Waals surface area (Å²) in [6.07, 6.45) is 1.06. The fourth-order valence-electron chi connectivity index (χ4n) is 1.16. The molecule has 0 amide bonds. The summed E-state index contributed by atoms with van der Waals surface area (Å²) in [4.78, 5) is 0. The van der Waals surface area contributed by atoms with Crippen LogP contribution in [0.2, 0.25) is 0 Å². The van der Waals surface area contributed by atoms with Crippen LogP contribution in [0.5, 0.6) is 0 Å². The van der Waals surface area contributed by atoms with Crippen molar-refractivity contribution in [3.8, 4) is 0 Å². The lowest BCUT2D eigenvalue weighted by Gasteiger charge is -2.17. The summed E-state index contributed by atoms with van der Waals surface area (Å²) >= 11 is 0. The second-order valence-electron chi connectivity index (χ2n) is 2.96. The van der Waals surface area contributed by atoms with E-state index in [4.69, 9.17) is 0 Å². The minimum atomic E-state index is -1.82. The van der Waals surface area contributed by atoms with Gasteiger partial charge in [0.1, 0.15) is 0 Å². The fourth-order valence-corrected chi connectivity index (χ4v) is 2.63. The smallest absolute Gasteiger partial charge is 0.0730 e. The lowest BCUT2D eigenvalue weighted by atomic mass is 10.3. The third-order valence-corrected chi connectivity index (χ3v) is 4.35. The molecule has 0 radical (unpaired) electrons. The van der Waals surface area contributed by atoms with E-state index in [1.54, 1.807) is 0 Å². The molecule has 0 aliphatic carbocycles. The van der Waals surface area contributed by atoms with Gasteiger partial charge in [0.2, 0.25) is 0 Å². The van der Waals surface area contributed by atoms with Gasteiger partial charge in [-0.15, -0.1) is 0 Å². The van der Waals surface area contributed by atoms with Crippen molar-refractivity contribution in [2.75, 3.05) is 11.5 Å². The Morgan fingerprint density at radius 2 is 1.83 bits per heavy atom. The van der Waals surface area contributed by atoms with Crippen LogP contribution in [0.4, 0.5) is 5.69 Å². The summed E-state index contributed by atoms with van der Waals surface area (Å²) in [6.45, 7) is 0. The molecule has 0 aromatic heterocycles. The molecule has 3 heteroatoms. The fraction of sp³-hybridized carbons (Fsp3) is 0.333. The molecule has 1 aromatic carbocycles. The molecular formula is C9H11NOS. The van der Waals surface area contributed by atoms with Gasteiger partial charge >= 0.3 is 0 Å². The molecule has 1 saturated heterocycles. The Kier molecular flexibility index (Phi) is 1.89. The van der Waals surface area contributed by atoms with Crippen LogP contribution in [0.3, 0.4) is 0 Å². The Morgan fingerprint density at radius 3 is 2.33 bits per heavy atom. The Morgan fingerprint density at radius 1 is 1.17 bits per heavy atom. The Labute approximate surface area is 72.8 Å². The summed E-state index contributed by atoms with van der Waals surface area (Å²) in [5.41, 5.74) is 0.849. The molecule has 0 unspecified atom stereocenters. The topological polar surface area (TPSA) is 29.4 Å². The summed E-state index contributed by atoms with van der Waals surface area (Å²) in [6, 6.07) is 9.56. The van der Waals surface area contributed by atoms with E-state index in [2.05, 4.69) is 4.36 Å². The van der Waals surface area contributed by atoms with Gasteiger partial charge in [0.25, 0.3) is 0 Å². The predicted octanol–water partition coefficient (Wildman–Crippen LogP) is 2.19. The highest BCUT2D eigenvalue weighted by atomic mass is 32.2. The molecule has 1 heterocycles. The van der Waals surface area contributed by atoms with Gasteiger partial charge in [-0.05, 0) is 18.6 Å². The molecule has 12 heavy (non-hydrogen) atoms. The van der Waals surface area contributed by atoms with Crippen LogP contribution in [0.1, 0.15) is 6.42 Å². The van der Waals surface area contributed by atoms with Gasteiger partial charge in [-0.1, -0.05) is 18.2 Å². The molecular weight excluding hydrogens is 170 g/mol. The zero-order valence-electron chi connectivity index (χ0n) is 6.77. The first kappa shape index (κ1) is 7.80. The molecule has 1 aliphatic heterocycles. The quantitative estimate of drug-likeness (QED) is 0.653. The lowest BCUT2D eigenvalue weighted by Crippen LogP contribution is -2.22. The van der Waals surface area contributed by atoms with E-state index in [1.165, 1.54) is 0 Å². The summed E-state index contributed by atoms with van der Waals surface area (Å²) in [5, 5.41) is 0. The van der Waals surface area contributed by atoms with Crippen molar-refractivity contribution in [1.29, 1.82) is 0 Å². The van der Waals surface area contributed by atoms with Crippen molar-refractivity contribution < 1.29 is 4.21 Å². The molecule has 1 aliphatic rings. The Bertz CT molecular complexity index is 367. The normalized spacial score (nSPS) is 19.7. The highest BCUT2D eigenvalue weighted by Gasteiger charge is 2.18. The average molecular weight is 181 g/mol. The molecule has 0 atom stereocenters. The highest BCUT2D eigenvalue weighted by molar-refractivity contribution is 7.95. The van der Waals surface area contributed by atoms with E-state index in [0.29, 0.717) is 0 Å². The number of rotatable bonds is 1. The molecule has 0 N–H and O–H groups in total. The zero-order chi connectivity index (χ0) is 8.44. The summed E-state index contributed by atoms with van der Waals surface area (Å²) in [7, 11) is -1.82. The van der Waals surface area contributed by atoms with Crippen molar-refractivity contribution in [3.63, 3.8) is 0 Å². The first-order valence-electron chi connectivity index (χ1n) is 4.06. The van der Waals surface area contributed by atoms with E-state index >= 15 is 0 Å². The van der Waals surface area contributed by atoms with Gasteiger partial charge in [0.05, 0.1) is 15.4 Å². The molecule has 64 valence electrons. The third kappa shape index (κ3) is 1.50.